The maximum Gasteiger partial charge on any atom is 0.0427 e. The maximum atomic E-state index is 3.96. The van der Waals surface area contributed by atoms with Crippen LogP contribution < -0.4 is 42.5 Å². The Morgan fingerprint density at radius 1 is 0.326 bits per heavy atom. The second-order valence-electron chi connectivity index (χ2n) is 11.7. The summed E-state index contributed by atoms with van der Waals surface area (Å²) in [5.41, 5.74) is 5.12. The first-order valence-electron chi connectivity index (χ1n) is 16.4. The van der Waals surface area contributed by atoms with Crippen molar-refractivity contribution in [1.29, 1.82) is 0 Å². The Labute approximate surface area is 276 Å². The monoisotopic (exact) mass is 634 g/mol. The molecule has 0 bridgehead atoms. The Morgan fingerprint density at radius 2 is 0.652 bits per heavy atom. The summed E-state index contributed by atoms with van der Waals surface area (Å²) < 4.78 is 0. The van der Waals surface area contributed by atoms with E-state index in [-0.39, 0.29) is 0 Å². The molecule has 0 amide bonds. The van der Waals surface area contributed by atoms with E-state index in [0.29, 0.717) is 0 Å². The van der Waals surface area contributed by atoms with Crippen LogP contribution in [0.2, 0.25) is 0 Å². The van der Waals surface area contributed by atoms with Crippen molar-refractivity contribution in [2.24, 2.45) is 0 Å². The van der Waals surface area contributed by atoms with Gasteiger partial charge in [-0.05, 0) is 72.6 Å². The normalized spacial score (nSPS) is 13.4. The van der Waals surface area contributed by atoms with Crippen molar-refractivity contribution in [1.82, 2.24) is 0 Å². The average Bonchev–Trinajstić information content (AvgIpc) is 3.11. The molecule has 6 aromatic carbocycles. The summed E-state index contributed by atoms with van der Waals surface area (Å²) in [7, 11) is -1.67. The van der Waals surface area contributed by atoms with Gasteiger partial charge in [0.25, 0.3) is 0 Å². The molecule has 1 heterocycles. The van der Waals surface area contributed by atoms with Crippen molar-refractivity contribution in [2.45, 2.75) is 25.7 Å². The van der Waals surface area contributed by atoms with Crippen LogP contribution in [0.3, 0.4) is 0 Å². The smallest absolute Gasteiger partial charge is 0.0427 e. The molecule has 0 aliphatic carbocycles. The molecule has 2 nitrogen and oxygen atoms in total. The molecule has 0 atom stereocenters. The van der Waals surface area contributed by atoms with Gasteiger partial charge in [0.2, 0.25) is 0 Å². The molecule has 228 valence electrons. The molecule has 0 saturated heterocycles. The third kappa shape index (κ3) is 6.66. The van der Waals surface area contributed by atoms with Crippen LogP contribution in [0.15, 0.2) is 158 Å². The minimum absolute atomic E-state index is 0.834. The van der Waals surface area contributed by atoms with Crippen molar-refractivity contribution in [3.05, 3.63) is 158 Å². The molecule has 2 N–H and O–H groups in total. The summed E-state index contributed by atoms with van der Waals surface area (Å²) in [6.07, 6.45) is 4.82. The number of hydrogen-bond acceptors (Lipinski definition) is 2. The van der Waals surface area contributed by atoms with E-state index in [0.717, 1.165) is 13.1 Å². The molecule has 0 fully saturated rings. The number of rotatable bonds is 6. The Hall–Kier alpha value is -4.22. The van der Waals surface area contributed by atoms with E-state index in [1.165, 1.54) is 80.0 Å². The van der Waals surface area contributed by atoms with Crippen LogP contribution in [0.1, 0.15) is 25.7 Å². The molecule has 0 spiro atoms. The molecule has 1 aliphatic rings. The molecule has 0 unspecified atom stereocenters. The number of benzene rings is 6. The summed E-state index contributed by atoms with van der Waals surface area (Å²) in [6.45, 7) is 1.95. The van der Waals surface area contributed by atoms with Gasteiger partial charge in [0, 0.05) is 35.6 Å². The predicted molar refractivity (Wildman–Crippen MR) is 205 cm³/mol. The summed E-state index contributed by atoms with van der Waals surface area (Å²) in [5.74, 6) is 0. The highest BCUT2D eigenvalue weighted by atomic mass is 31.1. The van der Waals surface area contributed by atoms with E-state index >= 15 is 0 Å². The molecule has 7 rings (SSSR count). The third-order valence-electron chi connectivity index (χ3n) is 8.61. The summed E-state index contributed by atoms with van der Waals surface area (Å²) in [6, 6.07) is 58.4. The Bertz CT molecular complexity index is 1630. The van der Waals surface area contributed by atoms with Crippen LogP contribution in [0.4, 0.5) is 11.4 Å². The van der Waals surface area contributed by atoms with Crippen molar-refractivity contribution in [3.63, 3.8) is 0 Å². The Morgan fingerprint density at radius 3 is 0.978 bits per heavy atom. The molecule has 4 heteroatoms. The van der Waals surface area contributed by atoms with Gasteiger partial charge in [-0.15, -0.1) is 0 Å². The quantitative estimate of drug-likeness (QED) is 0.180. The highest BCUT2D eigenvalue weighted by molar-refractivity contribution is 7.80. The zero-order valence-corrected chi connectivity index (χ0v) is 27.9. The van der Waals surface area contributed by atoms with Gasteiger partial charge in [-0.1, -0.05) is 158 Å². The van der Waals surface area contributed by atoms with Crippen LogP contribution in [-0.2, 0) is 0 Å². The van der Waals surface area contributed by atoms with Gasteiger partial charge in [-0.3, -0.25) is 0 Å². The number of fused-ring (bicyclic) bond motifs is 3. The first kappa shape index (κ1) is 30.4. The zero-order valence-electron chi connectivity index (χ0n) is 26.1. The highest BCUT2D eigenvalue weighted by Gasteiger charge is 2.28. The predicted octanol–water partition coefficient (Wildman–Crippen LogP) is 8.27. The van der Waals surface area contributed by atoms with Gasteiger partial charge in [0.05, 0.1) is 0 Å². The Kier molecular flexibility index (Phi) is 9.87. The van der Waals surface area contributed by atoms with E-state index in [9.17, 15) is 0 Å². The largest absolute Gasteiger partial charge is 0.385 e. The number of anilines is 2. The van der Waals surface area contributed by atoms with E-state index in [1.807, 2.05) is 0 Å². The van der Waals surface area contributed by atoms with E-state index in [1.54, 1.807) is 0 Å². The lowest BCUT2D eigenvalue weighted by Gasteiger charge is -2.30. The van der Waals surface area contributed by atoms with E-state index < -0.39 is 15.8 Å². The van der Waals surface area contributed by atoms with Gasteiger partial charge in [-0.25, -0.2) is 0 Å². The molecule has 6 aromatic rings. The molecule has 1 aliphatic heterocycles. The van der Waals surface area contributed by atoms with Crippen molar-refractivity contribution in [2.75, 3.05) is 23.7 Å². The number of hydrogen-bond donors (Lipinski definition) is 2. The lowest BCUT2D eigenvalue weighted by atomic mass is 10.00. The summed E-state index contributed by atoms with van der Waals surface area (Å²) in [5, 5.41) is 16.1. The molecular formula is C42H40N2P2. The molecule has 0 aromatic heterocycles. The van der Waals surface area contributed by atoms with Crippen molar-refractivity contribution >= 4 is 59.0 Å². The van der Waals surface area contributed by atoms with Crippen molar-refractivity contribution in [3.8, 4) is 11.1 Å². The van der Waals surface area contributed by atoms with Gasteiger partial charge in [0.15, 0.2) is 0 Å². The van der Waals surface area contributed by atoms with Gasteiger partial charge < -0.3 is 10.6 Å². The SMILES string of the molecule is c1ccc(P(c2ccccc2)c2cccc3c2-c2c(cccc2P(c2ccccc2)c2ccccc2)NCCCCCCN3)cc1. The summed E-state index contributed by atoms with van der Waals surface area (Å²) in [4.78, 5) is 0. The molecule has 0 saturated carbocycles. The fourth-order valence-electron chi connectivity index (χ4n) is 6.49. The first-order valence-corrected chi connectivity index (χ1v) is 19.1. The Balaban J connectivity index is 1.55. The lowest BCUT2D eigenvalue weighted by molar-refractivity contribution is 0.670. The standard InChI is InChI=1S/C42H40N2P2/c1-2-16-32-44-38-28-18-30-40(46(35-23-11-5-12-24-35)36-25-13-6-14-26-36)42(38)41-37(43-31-15-1)27-17-29-39(41)45(33-19-7-3-8-20-33)34-21-9-4-10-22-34/h3-14,17-30,43-44H,1-2,15-16,31-32H2. The molecule has 46 heavy (non-hydrogen) atoms. The van der Waals surface area contributed by atoms with Crippen LogP contribution in [-0.4, -0.2) is 13.1 Å². The second kappa shape index (κ2) is 14.9. The fourth-order valence-corrected chi connectivity index (χ4v) is 11.5. The van der Waals surface area contributed by atoms with Gasteiger partial charge in [-0.2, -0.15) is 0 Å². The van der Waals surface area contributed by atoms with Crippen LogP contribution in [0.5, 0.6) is 0 Å². The minimum atomic E-state index is -0.834. The number of nitrogens with one attached hydrogen (secondary N) is 2. The second-order valence-corrected chi connectivity index (χ2v) is 16.1. The van der Waals surface area contributed by atoms with E-state index in [4.69, 9.17) is 0 Å². The fraction of sp³-hybridized carbons (Fsp3) is 0.143. The zero-order chi connectivity index (χ0) is 31.0. The maximum absolute atomic E-state index is 3.96. The third-order valence-corrected chi connectivity index (χ3v) is 13.6. The minimum Gasteiger partial charge on any atom is -0.385 e. The first-order chi connectivity index (χ1) is 22.9. The summed E-state index contributed by atoms with van der Waals surface area (Å²) >= 11 is 0. The van der Waals surface area contributed by atoms with Crippen molar-refractivity contribution < 1.29 is 0 Å². The van der Waals surface area contributed by atoms with Crippen LogP contribution in [0, 0.1) is 0 Å². The molecular weight excluding hydrogens is 594 g/mol. The average molecular weight is 635 g/mol. The van der Waals surface area contributed by atoms with Crippen LogP contribution >= 0.6 is 15.8 Å². The topological polar surface area (TPSA) is 24.1 Å². The van der Waals surface area contributed by atoms with Gasteiger partial charge >= 0.3 is 0 Å². The van der Waals surface area contributed by atoms with E-state index in [2.05, 4.69) is 168 Å². The molecule has 0 radical (unpaired) electrons. The van der Waals surface area contributed by atoms with Crippen LogP contribution in [0.25, 0.3) is 11.1 Å². The lowest BCUT2D eigenvalue weighted by Crippen LogP contribution is -2.27. The van der Waals surface area contributed by atoms with Gasteiger partial charge in [0.1, 0.15) is 0 Å². The highest BCUT2D eigenvalue weighted by Crippen LogP contribution is 2.46.